The van der Waals surface area contributed by atoms with Crippen LogP contribution in [0.2, 0.25) is 0 Å². The fourth-order valence-electron chi connectivity index (χ4n) is 1.27. The first-order chi connectivity index (χ1) is 10.1. The Labute approximate surface area is 149 Å². The van der Waals surface area contributed by atoms with Crippen LogP contribution < -0.4 is 0 Å². The van der Waals surface area contributed by atoms with Gasteiger partial charge < -0.3 is 33.9 Å². The molecule has 0 aliphatic carbocycles. The maximum absolute atomic E-state index is 9.40. The Bertz CT molecular complexity index is 212. The summed E-state index contributed by atoms with van der Waals surface area (Å²) < 4.78 is 26.1. The van der Waals surface area contributed by atoms with Crippen molar-refractivity contribution in [3.8, 4) is 0 Å². The second kappa shape index (κ2) is 17.9. The second-order valence-corrected chi connectivity index (χ2v) is 5.04. The van der Waals surface area contributed by atoms with Crippen molar-refractivity contribution in [2.75, 3.05) is 72.7 Å². The third-order valence-corrected chi connectivity index (χ3v) is 2.18. The van der Waals surface area contributed by atoms with Crippen LogP contribution in [0.1, 0.15) is 13.8 Å². The summed E-state index contributed by atoms with van der Waals surface area (Å²) >= 11 is 0. The molecule has 22 heavy (non-hydrogen) atoms. The summed E-state index contributed by atoms with van der Waals surface area (Å²) in [7, 11) is 0. The maximum atomic E-state index is 9.40. The van der Waals surface area contributed by atoms with E-state index in [-0.39, 0.29) is 30.3 Å². The molecule has 0 spiro atoms. The minimum absolute atomic E-state index is 0. The molecule has 0 radical (unpaired) electrons. The molecule has 0 aliphatic rings. The van der Waals surface area contributed by atoms with Gasteiger partial charge in [0.15, 0.2) is 0 Å². The van der Waals surface area contributed by atoms with Gasteiger partial charge in [-0.15, -0.1) is 0 Å². The molecule has 8 heteroatoms. The molecule has 0 amide bonds. The van der Waals surface area contributed by atoms with Crippen LogP contribution in [0.5, 0.6) is 0 Å². The van der Waals surface area contributed by atoms with Crippen molar-refractivity contribution < 1.29 is 33.9 Å². The van der Waals surface area contributed by atoms with Crippen molar-refractivity contribution in [1.29, 1.82) is 0 Å². The van der Waals surface area contributed by atoms with Crippen LogP contribution in [0.15, 0.2) is 0 Å². The van der Waals surface area contributed by atoms with Crippen LogP contribution >= 0.6 is 0 Å². The third kappa shape index (κ3) is 22.8. The molecule has 0 aliphatic heterocycles. The van der Waals surface area contributed by atoms with Gasteiger partial charge in [-0.3, -0.25) is 0 Å². The Kier molecular flexibility index (Phi) is 20.1. The minimum atomic E-state index is -0.799. The van der Waals surface area contributed by atoms with Gasteiger partial charge in [0.05, 0.1) is 78.3 Å². The van der Waals surface area contributed by atoms with E-state index in [0.717, 1.165) is 0 Å². The molecule has 0 saturated heterocycles. The van der Waals surface area contributed by atoms with Crippen LogP contribution in [-0.4, -0.2) is 112 Å². The summed E-state index contributed by atoms with van der Waals surface area (Å²) in [5.41, 5.74) is -0.799. The predicted molar refractivity (Wildman–Crippen MR) is 86.0 cm³/mol. The van der Waals surface area contributed by atoms with Gasteiger partial charge in [-0.2, -0.15) is 0 Å². The molecule has 0 bridgehead atoms. The van der Waals surface area contributed by atoms with Crippen LogP contribution in [0.25, 0.3) is 0 Å². The van der Waals surface area contributed by atoms with Crippen molar-refractivity contribution in [3.05, 3.63) is 0 Å². The number of aliphatic hydroxyl groups excluding tert-OH is 1. The topological polar surface area (TPSA) is 86.6 Å². The van der Waals surface area contributed by atoms with E-state index in [0.29, 0.717) is 66.1 Å². The van der Waals surface area contributed by atoms with Crippen LogP contribution in [0, 0.1) is 0 Å². The molecule has 136 valence electrons. The Morgan fingerprint density at radius 3 is 1.27 bits per heavy atom. The fourth-order valence-corrected chi connectivity index (χ4v) is 1.27. The first-order valence-corrected chi connectivity index (χ1v) is 7.28. The van der Waals surface area contributed by atoms with Gasteiger partial charge in [-0.05, 0) is 13.8 Å². The molecule has 0 fully saturated rings. The summed E-state index contributed by atoms with van der Waals surface area (Å²) in [5, 5.41) is 17.9. The van der Waals surface area contributed by atoms with E-state index in [1.807, 2.05) is 0 Å². The average Bonchev–Trinajstić information content (AvgIpc) is 2.42. The van der Waals surface area contributed by atoms with Crippen molar-refractivity contribution in [2.45, 2.75) is 19.4 Å². The molecule has 0 aromatic heterocycles. The summed E-state index contributed by atoms with van der Waals surface area (Å²) in [5.74, 6) is 0. The van der Waals surface area contributed by atoms with Crippen LogP contribution in [-0.2, 0) is 23.7 Å². The van der Waals surface area contributed by atoms with Gasteiger partial charge >= 0.3 is 23.7 Å². The monoisotopic (exact) mass is 442 g/mol. The van der Waals surface area contributed by atoms with Gasteiger partial charge in [0.2, 0.25) is 0 Å². The summed E-state index contributed by atoms with van der Waals surface area (Å²) in [4.78, 5) is 0. The van der Waals surface area contributed by atoms with Crippen LogP contribution in [0.4, 0.5) is 0 Å². The van der Waals surface area contributed by atoms with Crippen molar-refractivity contribution in [2.24, 2.45) is 0 Å². The number of ether oxygens (including phenoxy) is 5. The number of hydrogen-bond acceptors (Lipinski definition) is 7. The van der Waals surface area contributed by atoms with E-state index in [4.69, 9.17) is 28.8 Å². The van der Waals surface area contributed by atoms with Gasteiger partial charge in [-0.25, -0.2) is 0 Å². The predicted octanol–water partition coefficient (Wildman–Crippen LogP) is -1.08. The Balaban J connectivity index is 0. The Morgan fingerprint density at radius 2 is 0.955 bits per heavy atom. The van der Waals surface area contributed by atoms with Gasteiger partial charge in [-0.1, -0.05) is 0 Å². The number of hydrogen-bond donors (Lipinski definition) is 2. The third-order valence-electron chi connectivity index (χ3n) is 2.18. The molecular formula is C14H32O7Te. The Morgan fingerprint density at radius 1 is 0.636 bits per heavy atom. The van der Waals surface area contributed by atoms with Crippen LogP contribution in [0.3, 0.4) is 0 Å². The first kappa shape index (κ1) is 24.8. The summed E-state index contributed by atoms with van der Waals surface area (Å²) in [6.07, 6.45) is 0. The second-order valence-electron chi connectivity index (χ2n) is 5.04. The molecule has 0 unspecified atom stereocenters. The molecule has 0 atom stereocenters. The molecule has 0 heterocycles. The molecule has 0 rings (SSSR count). The average molecular weight is 440 g/mol. The zero-order valence-electron chi connectivity index (χ0n) is 13.7. The molecule has 7 nitrogen and oxygen atoms in total. The SMILES string of the molecule is CC(C)(O)COCCOCCOCCOCCOCCO.[TeH2]. The van der Waals surface area contributed by atoms with E-state index >= 15 is 0 Å². The molecule has 0 aromatic rings. The fraction of sp³-hybridized carbons (Fsp3) is 1.00. The van der Waals surface area contributed by atoms with Crippen molar-refractivity contribution >= 4 is 23.7 Å². The van der Waals surface area contributed by atoms with Crippen molar-refractivity contribution in [3.63, 3.8) is 0 Å². The van der Waals surface area contributed by atoms with E-state index in [2.05, 4.69) is 0 Å². The van der Waals surface area contributed by atoms with Gasteiger partial charge in [0.25, 0.3) is 0 Å². The zero-order chi connectivity index (χ0) is 15.8. The van der Waals surface area contributed by atoms with E-state index in [1.54, 1.807) is 13.8 Å². The van der Waals surface area contributed by atoms with E-state index < -0.39 is 5.60 Å². The van der Waals surface area contributed by atoms with E-state index in [1.165, 1.54) is 0 Å². The number of aliphatic hydroxyl groups is 2. The molecular weight excluding hydrogens is 408 g/mol. The Hall–Kier alpha value is 0.510. The summed E-state index contributed by atoms with van der Waals surface area (Å²) in [6.45, 7) is 8.03. The van der Waals surface area contributed by atoms with Gasteiger partial charge in [0.1, 0.15) is 0 Å². The zero-order valence-corrected chi connectivity index (χ0v) is 16.6. The van der Waals surface area contributed by atoms with Gasteiger partial charge in [0, 0.05) is 0 Å². The quantitative estimate of drug-likeness (QED) is 0.233. The molecule has 2 N–H and O–H groups in total. The van der Waals surface area contributed by atoms with E-state index in [9.17, 15) is 5.11 Å². The van der Waals surface area contributed by atoms with Crippen molar-refractivity contribution in [1.82, 2.24) is 0 Å². The first-order valence-electron chi connectivity index (χ1n) is 7.28. The normalized spacial score (nSPS) is 11.5. The molecule has 0 saturated carbocycles. The molecule has 0 aromatic carbocycles. The standard InChI is InChI=1S/C14H30O7.H2Te/c1-14(2,16)13-21-12-11-20-10-9-19-8-7-18-6-5-17-4-3-15;/h15-16H,3-13H2,1-2H3;1H2. The summed E-state index contributed by atoms with van der Waals surface area (Å²) in [6, 6.07) is 0. The number of rotatable bonds is 16.